The van der Waals surface area contributed by atoms with Crippen LogP contribution in [0.1, 0.15) is 41.0 Å². The van der Waals surface area contributed by atoms with E-state index in [0.29, 0.717) is 0 Å². The van der Waals surface area contributed by atoms with Crippen molar-refractivity contribution in [2.75, 3.05) is 0 Å². The molecule has 0 nitrogen and oxygen atoms in total. The van der Waals surface area contributed by atoms with Crippen molar-refractivity contribution in [3.63, 3.8) is 0 Å². The van der Waals surface area contributed by atoms with Crippen molar-refractivity contribution in [3.05, 3.63) is 47.8 Å². The molecule has 0 aliphatic carbocycles. The summed E-state index contributed by atoms with van der Waals surface area (Å²) < 4.78 is 0. The Morgan fingerprint density at radius 1 is 0.882 bits per heavy atom. The fourth-order valence-corrected chi connectivity index (χ4v) is 3.44. The monoisotopic (exact) mass is 306 g/mol. The van der Waals surface area contributed by atoms with Crippen LogP contribution in [0.3, 0.4) is 0 Å². The zero-order valence-electron chi connectivity index (χ0n) is 11.2. The van der Waals surface area contributed by atoms with Gasteiger partial charge >= 0.3 is 0 Å². The topological polar surface area (TPSA) is 0 Å². The standard InChI is InChI=1S/C8H12P.C6H8P.Fe/c1-4-8-7(3)6(2)5-9-8;1-5-3-7-4-6(5)2;/h5H,4H2,1-3H3;3-4H,1-2H3;. The Hall–Kier alpha value is 1.38. The van der Waals surface area contributed by atoms with Crippen LogP contribution in [-0.2, 0) is 17.1 Å². The van der Waals surface area contributed by atoms with Crippen molar-refractivity contribution in [2.24, 2.45) is 0 Å². The van der Waals surface area contributed by atoms with Crippen LogP contribution in [0.4, 0.5) is 0 Å². The van der Waals surface area contributed by atoms with E-state index >= 15 is 0 Å². The molecule has 10 radical (unpaired) electrons. The van der Waals surface area contributed by atoms with Gasteiger partial charge in [-0.2, -0.15) is 0 Å². The first-order valence-corrected chi connectivity index (χ1v) is 7.67. The third-order valence-corrected chi connectivity index (χ3v) is 5.48. The SMILES string of the molecule is CC[C]1[P][CH][C](C)[C]1C.C[C]1[CH][P][CH][C]1C.[Fe]. The van der Waals surface area contributed by atoms with Gasteiger partial charge in [0.25, 0.3) is 0 Å². The van der Waals surface area contributed by atoms with Crippen LogP contribution in [0.25, 0.3) is 0 Å². The largest absolute Gasteiger partial charge is 0.0715 e. The summed E-state index contributed by atoms with van der Waals surface area (Å²) in [6.45, 7) is 10.9. The first kappa shape index (κ1) is 18.4. The van der Waals surface area contributed by atoms with Crippen molar-refractivity contribution >= 4 is 17.2 Å². The van der Waals surface area contributed by atoms with Crippen LogP contribution in [0, 0.1) is 47.8 Å². The van der Waals surface area contributed by atoms with Crippen LogP contribution in [0.2, 0.25) is 0 Å². The molecular formula is C14H20FeP2. The molecule has 2 aliphatic rings. The maximum Gasteiger partial charge on any atom is 0.0114 e. The van der Waals surface area contributed by atoms with Gasteiger partial charge in [-0.25, -0.2) is 0 Å². The van der Waals surface area contributed by atoms with Gasteiger partial charge in [-0.15, -0.1) is 0 Å². The fourth-order valence-electron chi connectivity index (χ4n) is 1.42. The average Bonchev–Trinajstić information content (AvgIpc) is 2.78. The summed E-state index contributed by atoms with van der Waals surface area (Å²) in [5.74, 6) is 5.84. The van der Waals surface area contributed by atoms with E-state index in [1.165, 1.54) is 47.3 Å². The summed E-state index contributed by atoms with van der Waals surface area (Å²) in [6.07, 6.45) is 7.93. The zero-order chi connectivity index (χ0) is 12.1. The summed E-state index contributed by atoms with van der Waals surface area (Å²) in [5.41, 5.74) is 1.59. The second-order valence-electron chi connectivity index (χ2n) is 4.14. The van der Waals surface area contributed by atoms with Crippen LogP contribution in [0.5, 0.6) is 0 Å². The molecule has 0 atom stereocenters. The summed E-state index contributed by atoms with van der Waals surface area (Å²) in [7, 11) is 2.78. The summed E-state index contributed by atoms with van der Waals surface area (Å²) in [4.78, 5) is 0. The molecule has 0 unspecified atom stereocenters. The molecule has 0 amide bonds. The second-order valence-corrected chi connectivity index (χ2v) is 6.01. The average molecular weight is 306 g/mol. The van der Waals surface area contributed by atoms with Gasteiger partial charge in [-0.3, -0.25) is 0 Å². The minimum atomic E-state index is 0. The summed E-state index contributed by atoms with van der Waals surface area (Å²) in [5, 5.41) is 0. The fraction of sp³-hybridized carbons (Fsp3) is 0.429. The van der Waals surface area contributed by atoms with Crippen molar-refractivity contribution < 1.29 is 17.1 Å². The van der Waals surface area contributed by atoms with Crippen molar-refractivity contribution in [1.82, 2.24) is 0 Å². The van der Waals surface area contributed by atoms with E-state index in [-0.39, 0.29) is 17.1 Å². The molecule has 94 valence electrons. The minimum absolute atomic E-state index is 0. The van der Waals surface area contributed by atoms with Crippen LogP contribution in [-0.4, -0.2) is 0 Å². The quantitative estimate of drug-likeness (QED) is 0.431. The van der Waals surface area contributed by atoms with Gasteiger partial charge < -0.3 is 0 Å². The number of rotatable bonds is 1. The predicted molar refractivity (Wildman–Crippen MR) is 75.9 cm³/mol. The van der Waals surface area contributed by atoms with E-state index in [4.69, 9.17) is 0 Å². The Kier molecular flexibility index (Phi) is 10.1. The maximum atomic E-state index is 2.29. The molecule has 2 heterocycles. The second kappa shape index (κ2) is 9.31. The van der Waals surface area contributed by atoms with Crippen molar-refractivity contribution in [3.8, 4) is 0 Å². The Bertz CT molecular complexity index is 191. The third kappa shape index (κ3) is 5.91. The van der Waals surface area contributed by atoms with Crippen LogP contribution < -0.4 is 0 Å². The Morgan fingerprint density at radius 3 is 1.59 bits per heavy atom. The smallest absolute Gasteiger partial charge is 0.0114 e. The molecule has 0 aromatic rings. The maximum absolute atomic E-state index is 2.29. The molecular weight excluding hydrogens is 286 g/mol. The molecule has 0 bridgehead atoms. The van der Waals surface area contributed by atoms with E-state index in [0.717, 1.165) is 0 Å². The normalized spacial score (nSPS) is 25.9. The van der Waals surface area contributed by atoms with Crippen molar-refractivity contribution in [2.45, 2.75) is 41.0 Å². The Labute approximate surface area is 123 Å². The predicted octanol–water partition coefficient (Wildman–Crippen LogP) is 5.69. The molecule has 0 saturated carbocycles. The zero-order valence-corrected chi connectivity index (χ0v) is 14.1. The van der Waals surface area contributed by atoms with E-state index < -0.39 is 0 Å². The number of hydrogen-bond acceptors (Lipinski definition) is 0. The van der Waals surface area contributed by atoms with E-state index in [9.17, 15) is 0 Å². The molecule has 17 heavy (non-hydrogen) atoms. The van der Waals surface area contributed by atoms with E-state index in [2.05, 4.69) is 53.1 Å². The first-order chi connectivity index (χ1) is 7.56. The van der Waals surface area contributed by atoms with Gasteiger partial charge in [0.2, 0.25) is 0 Å². The molecule has 0 aromatic carbocycles. The van der Waals surface area contributed by atoms with Gasteiger partial charge in [-0.05, 0) is 48.6 Å². The van der Waals surface area contributed by atoms with Crippen LogP contribution in [0.15, 0.2) is 0 Å². The van der Waals surface area contributed by atoms with Gasteiger partial charge in [0.05, 0.1) is 0 Å². The molecule has 0 spiro atoms. The number of hydrogen-bond donors (Lipinski definition) is 0. The molecule has 0 N–H and O–H groups in total. The molecule has 2 aliphatic heterocycles. The summed E-state index contributed by atoms with van der Waals surface area (Å²) in [6, 6.07) is 0. The third-order valence-electron chi connectivity index (χ3n) is 2.93. The first-order valence-electron chi connectivity index (χ1n) is 5.67. The van der Waals surface area contributed by atoms with E-state index in [1.54, 1.807) is 5.66 Å². The Balaban J connectivity index is 0.000000292. The van der Waals surface area contributed by atoms with Gasteiger partial charge in [0, 0.05) is 22.7 Å². The molecule has 2 rings (SSSR count). The van der Waals surface area contributed by atoms with Crippen molar-refractivity contribution in [1.29, 1.82) is 0 Å². The molecule has 3 heteroatoms. The van der Waals surface area contributed by atoms with Gasteiger partial charge in [0.15, 0.2) is 0 Å². The Morgan fingerprint density at radius 2 is 1.41 bits per heavy atom. The van der Waals surface area contributed by atoms with Crippen LogP contribution >= 0.6 is 17.2 Å². The molecule has 2 fully saturated rings. The minimum Gasteiger partial charge on any atom is -0.0715 e. The van der Waals surface area contributed by atoms with Gasteiger partial charge in [-0.1, -0.05) is 51.8 Å². The summed E-state index contributed by atoms with van der Waals surface area (Å²) >= 11 is 0. The van der Waals surface area contributed by atoms with E-state index in [1.807, 2.05) is 0 Å². The molecule has 0 aromatic heterocycles. The molecule has 2 saturated heterocycles. The van der Waals surface area contributed by atoms with Gasteiger partial charge in [0.1, 0.15) is 0 Å².